The van der Waals surface area contributed by atoms with E-state index in [9.17, 15) is 4.79 Å². The van der Waals surface area contributed by atoms with E-state index < -0.39 is 0 Å². The number of benzene rings is 1. The molecule has 0 heterocycles. The molecule has 0 radical (unpaired) electrons. The van der Waals surface area contributed by atoms with Gasteiger partial charge < -0.3 is 15.4 Å². The number of nitrogens with two attached hydrogens (primary N) is 1. The van der Waals surface area contributed by atoms with Crippen molar-refractivity contribution in [3.05, 3.63) is 24.3 Å². The maximum atomic E-state index is 11.9. The third-order valence-electron chi connectivity index (χ3n) is 2.58. The Bertz CT molecular complexity index is 357. The van der Waals surface area contributed by atoms with Gasteiger partial charge >= 0.3 is 0 Å². The van der Waals surface area contributed by atoms with Crippen LogP contribution in [0.4, 0.5) is 5.69 Å². The third-order valence-corrected chi connectivity index (χ3v) is 2.58. The highest BCUT2D eigenvalue weighted by Gasteiger charge is 2.12. The van der Waals surface area contributed by atoms with Gasteiger partial charge in [0, 0.05) is 18.8 Å². The minimum atomic E-state index is 0.0375. The summed E-state index contributed by atoms with van der Waals surface area (Å²) >= 11 is 0. The maximum Gasteiger partial charge on any atom is 0.260 e. The van der Waals surface area contributed by atoms with Crippen LogP contribution < -0.4 is 10.5 Å². The number of nitrogen functional groups attached to an aromatic ring is 1. The van der Waals surface area contributed by atoms with Crippen LogP contribution in [0.3, 0.4) is 0 Å². The average molecular weight is 250 g/mol. The molecule has 4 heteroatoms. The zero-order valence-electron chi connectivity index (χ0n) is 11.2. The van der Waals surface area contributed by atoms with Gasteiger partial charge in [0.2, 0.25) is 0 Å². The molecule has 0 fully saturated rings. The van der Waals surface area contributed by atoms with Gasteiger partial charge in [0.05, 0.1) is 0 Å². The van der Waals surface area contributed by atoms with E-state index in [0.717, 1.165) is 25.9 Å². The summed E-state index contributed by atoms with van der Waals surface area (Å²) in [5.74, 6) is 0.709. The van der Waals surface area contributed by atoms with E-state index in [1.165, 1.54) is 0 Å². The first-order chi connectivity index (χ1) is 8.67. The lowest BCUT2D eigenvalue weighted by atomic mass is 10.3. The number of anilines is 1. The molecule has 0 aliphatic carbocycles. The SMILES string of the molecule is CCCN(CCC)C(=O)COc1ccc(N)cc1. The molecule has 0 aliphatic heterocycles. The zero-order valence-corrected chi connectivity index (χ0v) is 11.2. The van der Waals surface area contributed by atoms with Crippen LogP contribution >= 0.6 is 0 Å². The molecule has 0 bridgehead atoms. The minimum Gasteiger partial charge on any atom is -0.484 e. The number of carbonyl (C=O) groups excluding carboxylic acids is 1. The first kappa shape index (κ1) is 14.4. The van der Waals surface area contributed by atoms with Crippen molar-refractivity contribution in [2.45, 2.75) is 26.7 Å². The summed E-state index contributed by atoms with van der Waals surface area (Å²) in [6.45, 7) is 5.80. The Morgan fingerprint density at radius 3 is 2.22 bits per heavy atom. The summed E-state index contributed by atoms with van der Waals surface area (Å²) in [6, 6.07) is 7.06. The van der Waals surface area contributed by atoms with E-state index in [-0.39, 0.29) is 12.5 Å². The molecule has 0 aliphatic rings. The van der Waals surface area contributed by atoms with Gasteiger partial charge in [0.1, 0.15) is 5.75 Å². The van der Waals surface area contributed by atoms with Crippen molar-refractivity contribution in [3.8, 4) is 5.75 Å². The summed E-state index contributed by atoms with van der Waals surface area (Å²) in [5.41, 5.74) is 6.27. The van der Waals surface area contributed by atoms with Crippen LogP contribution in [0.2, 0.25) is 0 Å². The van der Waals surface area contributed by atoms with Crippen LogP contribution in [0.15, 0.2) is 24.3 Å². The molecule has 100 valence electrons. The molecule has 2 N–H and O–H groups in total. The molecule has 1 aromatic rings. The molecule has 1 amide bonds. The average Bonchev–Trinajstić information content (AvgIpc) is 2.37. The highest BCUT2D eigenvalue weighted by atomic mass is 16.5. The monoisotopic (exact) mass is 250 g/mol. The molecule has 0 atom stereocenters. The summed E-state index contributed by atoms with van der Waals surface area (Å²) in [5, 5.41) is 0. The number of rotatable bonds is 7. The van der Waals surface area contributed by atoms with Crippen molar-refractivity contribution in [3.63, 3.8) is 0 Å². The molecule has 18 heavy (non-hydrogen) atoms. The fraction of sp³-hybridized carbons (Fsp3) is 0.500. The van der Waals surface area contributed by atoms with Gasteiger partial charge in [0.25, 0.3) is 5.91 Å². The van der Waals surface area contributed by atoms with Crippen LogP contribution in [0, 0.1) is 0 Å². The van der Waals surface area contributed by atoms with E-state index in [1.54, 1.807) is 24.3 Å². The lowest BCUT2D eigenvalue weighted by Gasteiger charge is -2.21. The number of amides is 1. The smallest absolute Gasteiger partial charge is 0.260 e. The number of carbonyl (C=O) groups is 1. The van der Waals surface area contributed by atoms with Gasteiger partial charge in [-0.15, -0.1) is 0 Å². The first-order valence-electron chi connectivity index (χ1n) is 6.43. The van der Waals surface area contributed by atoms with E-state index >= 15 is 0 Å². The maximum absolute atomic E-state index is 11.9. The molecule has 0 unspecified atom stereocenters. The van der Waals surface area contributed by atoms with E-state index in [1.807, 2.05) is 4.90 Å². The Morgan fingerprint density at radius 2 is 1.72 bits per heavy atom. The van der Waals surface area contributed by atoms with Crippen molar-refractivity contribution in [2.75, 3.05) is 25.4 Å². The predicted molar refractivity (Wildman–Crippen MR) is 73.5 cm³/mol. The van der Waals surface area contributed by atoms with E-state index in [2.05, 4.69) is 13.8 Å². The third kappa shape index (κ3) is 4.65. The van der Waals surface area contributed by atoms with Crippen molar-refractivity contribution >= 4 is 11.6 Å². The highest BCUT2D eigenvalue weighted by Crippen LogP contribution is 2.13. The molecule has 0 spiro atoms. The van der Waals surface area contributed by atoms with Crippen molar-refractivity contribution in [1.29, 1.82) is 0 Å². The normalized spacial score (nSPS) is 10.1. The lowest BCUT2D eigenvalue weighted by molar-refractivity contribution is -0.133. The number of ether oxygens (including phenoxy) is 1. The summed E-state index contributed by atoms with van der Waals surface area (Å²) in [4.78, 5) is 13.8. The fourth-order valence-corrected chi connectivity index (χ4v) is 1.70. The van der Waals surface area contributed by atoms with Gasteiger partial charge in [0.15, 0.2) is 6.61 Å². The summed E-state index contributed by atoms with van der Waals surface area (Å²) in [7, 11) is 0. The summed E-state index contributed by atoms with van der Waals surface area (Å²) in [6.07, 6.45) is 1.93. The second-order valence-corrected chi connectivity index (χ2v) is 4.24. The topological polar surface area (TPSA) is 55.6 Å². The van der Waals surface area contributed by atoms with Crippen LogP contribution in [0.25, 0.3) is 0 Å². The second-order valence-electron chi connectivity index (χ2n) is 4.24. The molecule has 0 saturated carbocycles. The van der Waals surface area contributed by atoms with Gasteiger partial charge in [-0.1, -0.05) is 13.8 Å². The van der Waals surface area contributed by atoms with Crippen molar-refractivity contribution < 1.29 is 9.53 Å². The Kier molecular flexibility index (Phi) is 6.05. The Morgan fingerprint density at radius 1 is 1.17 bits per heavy atom. The van der Waals surface area contributed by atoms with Gasteiger partial charge in [-0.25, -0.2) is 0 Å². The lowest BCUT2D eigenvalue weighted by Crippen LogP contribution is -2.36. The number of hydrogen-bond acceptors (Lipinski definition) is 3. The molecule has 4 nitrogen and oxygen atoms in total. The van der Waals surface area contributed by atoms with Gasteiger partial charge in [-0.2, -0.15) is 0 Å². The van der Waals surface area contributed by atoms with Crippen LogP contribution in [0.5, 0.6) is 5.75 Å². The Hall–Kier alpha value is -1.71. The quantitative estimate of drug-likeness (QED) is 0.755. The molecule has 1 aromatic carbocycles. The van der Waals surface area contributed by atoms with Gasteiger partial charge in [-0.05, 0) is 37.1 Å². The molecule has 0 aromatic heterocycles. The van der Waals surface area contributed by atoms with Crippen LogP contribution in [0.1, 0.15) is 26.7 Å². The van der Waals surface area contributed by atoms with Gasteiger partial charge in [-0.3, -0.25) is 4.79 Å². The number of nitrogens with zero attached hydrogens (tertiary/aromatic N) is 1. The number of hydrogen-bond donors (Lipinski definition) is 1. The van der Waals surface area contributed by atoms with Crippen molar-refractivity contribution in [1.82, 2.24) is 4.90 Å². The Labute approximate surface area is 109 Å². The molecular formula is C14H22N2O2. The molecular weight excluding hydrogens is 228 g/mol. The predicted octanol–water partition coefficient (Wildman–Crippen LogP) is 2.30. The standard InChI is InChI=1S/C14H22N2O2/c1-3-9-16(10-4-2)14(17)11-18-13-7-5-12(15)6-8-13/h5-8H,3-4,9-11,15H2,1-2H3. The highest BCUT2D eigenvalue weighted by molar-refractivity contribution is 5.77. The van der Waals surface area contributed by atoms with Crippen LogP contribution in [-0.2, 0) is 4.79 Å². The second kappa shape index (κ2) is 7.58. The minimum absolute atomic E-state index is 0.0375. The van der Waals surface area contributed by atoms with Crippen molar-refractivity contribution in [2.24, 2.45) is 0 Å². The van der Waals surface area contributed by atoms with E-state index in [0.29, 0.717) is 11.4 Å². The van der Waals surface area contributed by atoms with Crippen LogP contribution in [-0.4, -0.2) is 30.5 Å². The molecule has 1 rings (SSSR count). The first-order valence-corrected chi connectivity index (χ1v) is 6.43. The largest absolute Gasteiger partial charge is 0.484 e. The fourth-order valence-electron chi connectivity index (χ4n) is 1.70. The molecule has 0 saturated heterocycles. The zero-order chi connectivity index (χ0) is 13.4. The van der Waals surface area contributed by atoms with E-state index in [4.69, 9.17) is 10.5 Å². The summed E-state index contributed by atoms with van der Waals surface area (Å²) < 4.78 is 5.45. The Balaban J connectivity index is 2.45.